The van der Waals surface area contributed by atoms with Crippen LogP contribution in [0.15, 0.2) is 34.2 Å². The number of thiazole rings is 1. The first-order valence-electron chi connectivity index (χ1n) is 14.0. The molecule has 0 radical (unpaired) electrons. The van der Waals surface area contributed by atoms with Gasteiger partial charge in [-0.3, -0.25) is 4.79 Å². The molecule has 1 aromatic heterocycles. The van der Waals surface area contributed by atoms with Gasteiger partial charge < -0.3 is 29.3 Å². The fourth-order valence-corrected chi connectivity index (χ4v) is 7.06. The molecule has 14 nitrogen and oxygen atoms in total. The zero-order valence-electron chi connectivity index (χ0n) is 24.1. The van der Waals surface area contributed by atoms with Gasteiger partial charge in [0.2, 0.25) is 11.6 Å². The van der Waals surface area contributed by atoms with Crippen molar-refractivity contribution in [3.8, 4) is 0 Å². The molecule has 0 saturated carbocycles. The zero-order valence-corrected chi connectivity index (χ0v) is 26.5. The fourth-order valence-electron chi connectivity index (χ4n) is 4.84. The van der Waals surface area contributed by atoms with Crippen LogP contribution in [0.25, 0.3) is 6.08 Å². The predicted molar refractivity (Wildman–Crippen MR) is 157 cm³/mol. The molecular formula is C27H33ClN6O8S2. The molecule has 0 bridgehead atoms. The normalized spacial score (nSPS) is 20.4. The fraction of sp³-hybridized carbons (Fsp3) is 0.481. The summed E-state index contributed by atoms with van der Waals surface area (Å²) in [5.74, 6) is 0.410. The van der Waals surface area contributed by atoms with Crippen molar-refractivity contribution in [3.63, 3.8) is 0 Å². The molecule has 4 aliphatic rings. The summed E-state index contributed by atoms with van der Waals surface area (Å²) in [6.07, 6.45) is 2.19. The number of thioether (sulfide) groups is 1. The van der Waals surface area contributed by atoms with Gasteiger partial charge in [0, 0.05) is 50.6 Å². The van der Waals surface area contributed by atoms with E-state index in [9.17, 15) is 4.79 Å². The van der Waals surface area contributed by atoms with E-state index in [1.807, 2.05) is 0 Å². The van der Waals surface area contributed by atoms with Crippen LogP contribution in [0.2, 0.25) is 0 Å². The maximum Gasteiger partial charge on any atom is 0.360 e. The number of nitrogens with one attached hydrogen (secondary N) is 1. The molecule has 5 heterocycles. The highest BCUT2D eigenvalue weighted by Gasteiger charge is 2.36. The van der Waals surface area contributed by atoms with Crippen molar-refractivity contribution in [2.24, 2.45) is 4.99 Å². The Bertz CT molecular complexity index is 1390. The molecule has 0 spiro atoms. The molecule has 17 heteroatoms. The Kier molecular flexibility index (Phi) is 11.2. The average molecular weight is 669 g/mol. The van der Waals surface area contributed by atoms with Crippen molar-refractivity contribution >= 4 is 62.6 Å². The minimum atomic E-state index is -4.94. The van der Waals surface area contributed by atoms with E-state index in [1.54, 1.807) is 23.1 Å². The number of aliphatic imine (C=N–C) groups is 1. The largest absolute Gasteiger partial charge is 0.378 e. The Balaban J connectivity index is 0.000000712. The number of benzene rings is 1. The lowest BCUT2D eigenvalue weighted by Gasteiger charge is -2.28. The minimum absolute atomic E-state index is 0.150. The third kappa shape index (κ3) is 9.20. The van der Waals surface area contributed by atoms with Crippen molar-refractivity contribution in [1.29, 1.82) is 0 Å². The predicted octanol–water partition coefficient (Wildman–Crippen LogP) is -2.01. The summed E-state index contributed by atoms with van der Waals surface area (Å²) in [6.45, 7) is 10.7. The van der Waals surface area contributed by atoms with E-state index in [0.29, 0.717) is 32.2 Å². The third-order valence-electron chi connectivity index (χ3n) is 6.90. The van der Waals surface area contributed by atoms with E-state index in [0.717, 1.165) is 83.8 Å². The number of anilines is 3. The monoisotopic (exact) mass is 668 g/mol. The number of rotatable bonds is 5. The number of amides is 1. The number of halogens is 1. The summed E-state index contributed by atoms with van der Waals surface area (Å²) < 4.78 is 52.9. The number of ether oxygens (including phenoxy) is 3. The van der Waals surface area contributed by atoms with Crippen molar-refractivity contribution < 1.29 is 52.5 Å². The summed E-state index contributed by atoms with van der Waals surface area (Å²) in [7, 11) is -4.94. The molecule has 238 valence electrons. The molecule has 2 aromatic rings. The van der Waals surface area contributed by atoms with Crippen LogP contribution >= 0.6 is 23.1 Å². The molecule has 1 N–H and O–H groups in total. The topological polar surface area (TPSA) is 184 Å². The number of carbonyl (C=O) groups is 1. The van der Waals surface area contributed by atoms with Gasteiger partial charge in [0.15, 0.2) is 10.9 Å². The summed E-state index contributed by atoms with van der Waals surface area (Å²) in [5, 5.41) is 4.79. The molecule has 0 atom stereocenters. The molecule has 44 heavy (non-hydrogen) atoms. The summed E-state index contributed by atoms with van der Waals surface area (Å²) in [6, 6.07) is 8.66. The van der Waals surface area contributed by atoms with Gasteiger partial charge in [-0.1, -0.05) is 23.5 Å². The molecule has 0 aliphatic carbocycles. The van der Waals surface area contributed by atoms with E-state index in [4.69, 9.17) is 42.8 Å². The lowest BCUT2D eigenvalue weighted by molar-refractivity contribution is -2.00. The SMILES string of the molecule is CC(=O)Nc1nc(N2CCOCC2)sc1C1=NC(=[N+]2CCOCC2)S/C1=C\c1ccc(N2CCOCC2)cc1.[O-][Cl+3]([O-])([O-])[O-]. The second-order valence-corrected chi connectivity index (χ2v) is 12.7. The number of morpholine rings is 3. The highest BCUT2D eigenvalue weighted by Crippen LogP contribution is 2.39. The van der Waals surface area contributed by atoms with E-state index in [-0.39, 0.29) is 5.91 Å². The van der Waals surface area contributed by atoms with Gasteiger partial charge in [-0.25, -0.2) is 28.2 Å². The van der Waals surface area contributed by atoms with Gasteiger partial charge in [-0.2, -0.15) is 0 Å². The molecule has 1 aromatic carbocycles. The Hall–Kier alpha value is -2.64. The summed E-state index contributed by atoms with van der Waals surface area (Å²) in [5.41, 5.74) is 3.16. The number of hydrogen-bond acceptors (Lipinski definition) is 13. The lowest BCUT2D eigenvalue weighted by Crippen LogP contribution is -2.68. The first kappa shape index (κ1) is 32.7. The van der Waals surface area contributed by atoms with E-state index in [1.165, 1.54) is 12.6 Å². The van der Waals surface area contributed by atoms with Gasteiger partial charge in [-0.05, 0) is 28.8 Å². The third-order valence-corrected chi connectivity index (χ3v) is 9.08. The highest BCUT2D eigenvalue weighted by atomic mass is 35.7. The average Bonchev–Trinajstić information content (AvgIpc) is 3.62. The summed E-state index contributed by atoms with van der Waals surface area (Å²) in [4.78, 5) is 28.6. The smallest absolute Gasteiger partial charge is 0.360 e. The van der Waals surface area contributed by atoms with Gasteiger partial charge in [0.25, 0.3) is 0 Å². The molecular weight excluding hydrogens is 636 g/mol. The Morgan fingerprint density at radius 2 is 1.50 bits per heavy atom. The lowest BCUT2D eigenvalue weighted by atomic mass is 10.1. The number of amidine groups is 1. The highest BCUT2D eigenvalue weighted by molar-refractivity contribution is 8.18. The quantitative estimate of drug-likeness (QED) is 0.346. The molecule has 6 rings (SSSR count). The van der Waals surface area contributed by atoms with E-state index < -0.39 is 10.2 Å². The van der Waals surface area contributed by atoms with Crippen LogP contribution in [-0.2, 0) is 19.0 Å². The van der Waals surface area contributed by atoms with Crippen LogP contribution in [-0.4, -0.2) is 105 Å². The zero-order chi connectivity index (χ0) is 31.1. The maximum absolute atomic E-state index is 12.1. The second-order valence-electron chi connectivity index (χ2n) is 9.98. The van der Waals surface area contributed by atoms with Crippen LogP contribution in [0, 0.1) is 10.2 Å². The molecule has 0 unspecified atom stereocenters. The molecule has 1 amide bonds. The number of carbonyl (C=O) groups excluding carboxylic acids is 1. The van der Waals surface area contributed by atoms with Crippen LogP contribution < -0.4 is 33.8 Å². The number of allylic oxidation sites excluding steroid dienone is 1. The first-order valence-corrected chi connectivity index (χ1v) is 16.8. The number of hydrogen-bond donors (Lipinski definition) is 1. The van der Waals surface area contributed by atoms with Gasteiger partial charge >= 0.3 is 5.17 Å². The van der Waals surface area contributed by atoms with Gasteiger partial charge in [-0.15, -0.1) is 10.2 Å². The molecule has 3 fully saturated rings. The number of nitrogens with zero attached hydrogens (tertiary/aromatic N) is 5. The van der Waals surface area contributed by atoms with Crippen molar-refractivity contribution in [3.05, 3.63) is 39.6 Å². The Morgan fingerprint density at radius 3 is 2.09 bits per heavy atom. The van der Waals surface area contributed by atoms with Crippen LogP contribution in [0.1, 0.15) is 17.4 Å². The van der Waals surface area contributed by atoms with Crippen molar-refractivity contribution in [2.45, 2.75) is 6.92 Å². The molecule has 3 saturated heterocycles. The summed E-state index contributed by atoms with van der Waals surface area (Å²) >= 11 is 3.24. The second kappa shape index (κ2) is 15.1. The first-order chi connectivity index (χ1) is 21.1. The Labute approximate surface area is 265 Å². The van der Waals surface area contributed by atoms with Crippen molar-refractivity contribution in [1.82, 2.24) is 4.98 Å². The number of aromatic nitrogens is 1. The van der Waals surface area contributed by atoms with Gasteiger partial charge in [0.05, 0.1) is 44.5 Å². The van der Waals surface area contributed by atoms with Crippen molar-refractivity contribution in [2.75, 3.05) is 94.0 Å². The van der Waals surface area contributed by atoms with Crippen LogP contribution in [0.4, 0.5) is 16.6 Å². The molecule has 4 aliphatic heterocycles. The standard InChI is InChI=1S/C27H32N6O4S2.ClHO4/c1-19(34)28-25-24(39-27(30-25)33-10-16-37-17-11-33)23-22(38-26(29-23)32-8-14-36-15-9-32)18-20-2-4-21(5-3-20)31-6-12-35-13-7-31;2-1(3,4)5/h2-5,18H,6-17H2,1H3;(H,2,3,4,5)/b22-18-;. The Morgan fingerprint density at radius 1 is 0.932 bits per heavy atom. The van der Waals surface area contributed by atoms with E-state index in [2.05, 4.69) is 50.0 Å². The maximum atomic E-state index is 12.1. The van der Waals surface area contributed by atoms with E-state index >= 15 is 0 Å². The van der Waals surface area contributed by atoms with Gasteiger partial charge in [0.1, 0.15) is 18.0 Å². The van der Waals surface area contributed by atoms with Crippen LogP contribution in [0.3, 0.4) is 0 Å². The minimum Gasteiger partial charge on any atom is -0.378 e. The van der Waals surface area contributed by atoms with Crippen LogP contribution in [0.5, 0.6) is 0 Å².